The molecule has 2 aliphatic carbocycles. The summed E-state index contributed by atoms with van der Waals surface area (Å²) in [6.07, 6.45) is 2.86. The molecule has 3 aliphatic rings. The minimum atomic E-state index is -0.759. The first kappa shape index (κ1) is 27.5. The Labute approximate surface area is 243 Å². The smallest absolute Gasteiger partial charge is 0.303 e. The number of rotatable bonds is 7. The molecule has 4 atom stereocenters. The van der Waals surface area contributed by atoms with Crippen molar-refractivity contribution in [3.05, 3.63) is 100 Å². The van der Waals surface area contributed by atoms with Gasteiger partial charge in [0.1, 0.15) is 11.4 Å². The molecule has 1 N–H and O–H groups in total. The summed E-state index contributed by atoms with van der Waals surface area (Å²) in [5.74, 6) is 0.316. The van der Waals surface area contributed by atoms with Gasteiger partial charge < -0.3 is 14.8 Å². The monoisotopic (exact) mass is 552 g/mol. The summed E-state index contributed by atoms with van der Waals surface area (Å²) < 4.78 is 11.9. The second kappa shape index (κ2) is 10.6. The number of benzene rings is 3. The van der Waals surface area contributed by atoms with Crippen molar-refractivity contribution in [3.63, 3.8) is 0 Å². The highest BCUT2D eigenvalue weighted by Crippen LogP contribution is 2.63. The molecule has 6 rings (SSSR count). The fourth-order valence-corrected chi connectivity index (χ4v) is 8.05. The van der Waals surface area contributed by atoms with Gasteiger partial charge in [-0.25, -0.2) is 0 Å². The molecule has 1 aliphatic heterocycles. The van der Waals surface area contributed by atoms with E-state index in [1.54, 1.807) is 7.11 Å². The van der Waals surface area contributed by atoms with Crippen molar-refractivity contribution in [2.75, 3.05) is 13.7 Å². The van der Waals surface area contributed by atoms with Gasteiger partial charge in [0.05, 0.1) is 13.2 Å². The number of amides is 1. The van der Waals surface area contributed by atoms with E-state index in [-0.39, 0.29) is 23.8 Å². The number of nitrogens with zero attached hydrogens (tertiary/aromatic N) is 1. The highest BCUT2D eigenvalue weighted by Gasteiger charge is 2.70. The molecule has 2 fully saturated rings. The standard InChI is InChI=1S/C35H40N2O4/c1-23-10-11-27-18-32-35(41-25(3)38)20-29(33(39)36-21-28-12-13-30(40-4)17-24(28)2)19-34(35,31(27)16-23)14-15-37(32)22-26-8-6-5-7-9-26/h5-13,16-17,29,32H,14-15,18-22H2,1-4H3,(H,36,39)/t29?,32-,34-,35-/m1/s1. The van der Waals surface area contributed by atoms with Gasteiger partial charge in [-0.3, -0.25) is 14.5 Å². The van der Waals surface area contributed by atoms with Crippen LogP contribution in [0.15, 0.2) is 66.7 Å². The van der Waals surface area contributed by atoms with E-state index in [0.717, 1.165) is 42.8 Å². The molecule has 0 spiro atoms. The quantitative estimate of drug-likeness (QED) is 0.397. The molecule has 1 heterocycles. The van der Waals surface area contributed by atoms with E-state index in [4.69, 9.17) is 9.47 Å². The van der Waals surface area contributed by atoms with Gasteiger partial charge in [-0.1, -0.05) is 60.2 Å². The number of nitrogens with one attached hydrogen (secondary N) is 1. The van der Waals surface area contributed by atoms with Crippen LogP contribution in [-0.2, 0) is 39.3 Å². The lowest BCUT2D eigenvalue weighted by Gasteiger charge is -2.60. The Morgan fingerprint density at radius 3 is 2.56 bits per heavy atom. The first-order chi connectivity index (χ1) is 19.7. The topological polar surface area (TPSA) is 67.9 Å². The zero-order valence-corrected chi connectivity index (χ0v) is 24.5. The number of methoxy groups -OCH3 is 1. The van der Waals surface area contributed by atoms with Gasteiger partial charge >= 0.3 is 5.97 Å². The summed E-state index contributed by atoms with van der Waals surface area (Å²) in [5.41, 5.74) is 6.02. The van der Waals surface area contributed by atoms with Gasteiger partial charge in [0.2, 0.25) is 5.91 Å². The maximum atomic E-state index is 13.9. The van der Waals surface area contributed by atoms with Gasteiger partial charge in [-0.2, -0.15) is 0 Å². The van der Waals surface area contributed by atoms with Crippen molar-refractivity contribution < 1.29 is 19.1 Å². The van der Waals surface area contributed by atoms with E-state index in [9.17, 15) is 9.59 Å². The van der Waals surface area contributed by atoms with Crippen LogP contribution < -0.4 is 10.1 Å². The molecule has 6 heteroatoms. The zero-order chi connectivity index (χ0) is 28.8. The minimum Gasteiger partial charge on any atom is -0.497 e. The van der Waals surface area contributed by atoms with Crippen molar-refractivity contribution in [3.8, 4) is 5.75 Å². The molecule has 1 saturated carbocycles. The summed E-state index contributed by atoms with van der Waals surface area (Å²) in [5, 5.41) is 3.23. The molecule has 3 aromatic rings. The molecular weight excluding hydrogens is 512 g/mol. The van der Waals surface area contributed by atoms with E-state index in [1.807, 2.05) is 31.2 Å². The second-order valence-corrected chi connectivity index (χ2v) is 12.3. The van der Waals surface area contributed by atoms with Crippen molar-refractivity contribution >= 4 is 11.9 Å². The molecule has 1 saturated heterocycles. The SMILES string of the molecule is COc1ccc(CNC(=O)C2C[C@]34CCN(Cc5ccccc5)[C@H](Cc5ccc(C)cc53)[C@]4(OC(C)=O)C2)c(C)c1. The Kier molecular flexibility index (Phi) is 7.14. The van der Waals surface area contributed by atoms with Gasteiger partial charge in [-0.15, -0.1) is 0 Å². The predicted octanol–water partition coefficient (Wildman–Crippen LogP) is 5.41. The molecule has 1 unspecified atom stereocenters. The van der Waals surface area contributed by atoms with E-state index in [0.29, 0.717) is 19.4 Å². The summed E-state index contributed by atoms with van der Waals surface area (Å²) in [6, 6.07) is 23.2. The molecule has 214 valence electrons. The highest BCUT2D eigenvalue weighted by molar-refractivity contribution is 5.80. The number of ether oxygens (including phenoxy) is 2. The largest absolute Gasteiger partial charge is 0.497 e. The number of likely N-dealkylation sites (tertiary alicyclic amines) is 1. The van der Waals surface area contributed by atoms with Crippen molar-refractivity contribution in [1.82, 2.24) is 10.2 Å². The molecule has 3 aromatic carbocycles. The van der Waals surface area contributed by atoms with Crippen LogP contribution in [-0.4, -0.2) is 42.1 Å². The Morgan fingerprint density at radius 1 is 1.02 bits per heavy atom. The van der Waals surface area contributed by atoms with Gasteiger partial charge in [0.25, 0.3) is 0 Å². The van der Waals surface area contributed by atoms with Crippen molar-refractivity contribution in [1.29, 1.82) is 0 Å². The third-order valence-corrected chi connectivity index (χ3v) is 9.88. The molecular formula is C35H40N2O4. The molecule has 1 amide bonds. The third-order valence-electron chi connectivity index (χ3n) is 9.88. The number of aryl methyl sites for hydroxylation is 2. The summed E-state index contributed by atoms with van der Waals surface area (Å²) in [7, 11) is 1.66. The Balaban J connectivity index is 1.36. The number of carbonyl (C=O) groups is 2. The minimum absolute atomic E-state index is 0.00260. The third kappa shape index (κ3) is 4.72. The summed E-state index contributed by atoms with van der Waals surface area (Å²) in [6.45, 7) is 7.82. The Morgan fingerprint density at radius 2 is 1.83 bits per heavy atom. The van der Waals surface area contributed by atoms with E-state index >= 15 is 0 Å². The van der Waals surface area contributed by atoms with Crippen molar-refractivity contribution in [2.24, 2.45) is 5.92 Å². The van der Waals surface area contributed by atoms with Crippen LogP contribution in [0.4, 0.5) is 0 Å². The van der Waals surface area contributed by atoms with Gasteiger partial charge in [-0.05, 0) is 79.6 Å². The lowest BCUT2D eigenvalue weighted by molar-refractivity contribution is -0.189. The summed E-state index contributed by atoms with van der Waals surface area (Å²) in [4.78, 5) is 29.2. The normalized spacial score (nSPS) is 26.5. The van der Waals surface area contributed by atoms with Crippen LogP contribution in [0.3, 0.4) is 0 Å². The fraction of sp³-hybridized carbons (Fsp3) is 0.429. The molecule has 2 bridgehead atoms. The van der Waals surface area contributed by atoms with Crippen LogP contribution in [0.5, 0.6) is 5.75 Å². The number of hydrogen-bond acceptors (Lipinski definition) is 5. The molecule has 6 nitrogen and oxygen atoms in total. The first-order valence-electron chi connectivity index (χ1n) is 14.7. The lowest BCUT2D eigenvalue weighted by Crippen LogP contribution is -2.70. The van der Waals surface area contributed by atoms with Crippen LogP contribution in [0, 0.1) is 19.8 Å². The molecule has 41 heavy (non-hydrogen) atoms. The van der Waals surface area contributed by atoms with E-state index in [2.05, 4.69) is 59.6 Å². The van der Waals surface area contributed by atoms with Gasteiger partial charge in [0.15, 0.2) is 0 Å². The van der Waals surface area contributed by atoms with Crippen LogP contribution in [0.1, 0.15) is 59.6 Å². The second-order valence-electron chi connectivity index (χ2n) is 12.3. The van der Waals surface area contributed by atoms with Crippen LogP contribution in [0.25, 0.3) is 0 Å². The molecule has 0 radical (unpaired) electrons. The maximum absolute atomic E-state index is 13.9. The van der Waals surface area contributed by atoms with Crippen LogP contribution in [0.2, 0.25) is 0 Å². The average molecular weight is 553 g/mol. The van der Waals surface area contributed by atoms with Crippen molar-refractivity contribution in [2.45, 2.75) is 76.6 Å². The Hall–Kier alpha value is -3.64. The van der Waals surface area contributed by atoms with Crippen LogP contribution >= 0.6 is 0 Å². The maximum Gasteiger partial charge on any atom is 0.303 e. The molecule has 0 aromatic heterocycles. The number of piperidine rings is 1. The van der Waals surface area contributed by atoms with Gasteiger partial charge in [0, 0.05) is 37.8 Å². The highest BCUT2D eigenvalue weighted by atomic mass is 16.6. The number of carbonyl (C=O) groups excluding carboxylic acids is 2. The Bertz CT molecular complexity index is 1470. The first-order valence-corrected chi connectivity index (χ1v) is 14.7. The van der Waals surface area contributed by atoms with E-state index < -0.39 is 11.0 Å². The summed E-state index contributed by atoms with van der Waals surface area (Å²) >= 11 is 0. The predicted molar refractivity (Wildman–Crippen MR) is 159 cm³/mol. The average Bonchev–Trinajstić information content (AvgIpc) is 3.31. The number of fused-ring (bicyclic) bond motifs is 1. The van der Waals surface area contributed by atoms with E-state index in [1.165, 1.54) is 29.2 Å². The lowest BCUT2D eigenvalue weighted by atomic mass is 9.55. The zero-order valence-electron chi connectivity index (χ0n) is 24.5. The number of esters is 1. The number of hydrogen-bond donors (Lipinski definition) is 1. The fourth-order valence-electron chi connectivity index (χ4n) is 8.05.